The van der Waals surface area contributed by atoms with E-state index < -0.39 is 0 Å². The summed E-state index contributed by atoms with van der Waals surface area (Å²) in [6, 6.07) is 17.5. The van der Waals surface area contributed by atoms with Crippen LogP contribution in [0.15, 0.2) is 54.6 Å². The predicted molar refractivity (Wildman–Crippen MR) is 104 cm³/mol. The van der Waals surface area contributed by atoms with Gasteiger partial charge in [0.15, 0.2) is 0 Å². The van der Waals surface area contributed by atoms with Crippen molar-refractivity contribution in [3.05, 3.63) is 65.7 Å². The second-order valence-corrected chi connectivity index (χ2v) is 7.01. The SMILES string of the molecule is CN(C(=O)Cc1ccccc1N)[C@H](CN1CC[C@@H](O)C1)c1ccccc1. The van der Waals surface area contributed by atoms with Crippen LogP contribution >= 0.6 is 0 Å². The summed E-state index contributed by atoms with van der Waals surface area (Å²) < 4.78 is 0. The fourth-order valence-electron chi connectivity index (χ4n) is 3.51. The number of aliphatic hydroxyl groups is 1. The van der Waals surface area contributed by atoms with E-state index in [-0.39, 0.29) is 24.5 Å². The van der Waals surface area contributed by atoms with Crippen LogP contribution in [0.3, 0.4) is 0 Å². The number of para-hydroxylation sites is 1. The number of hydrogen-bond acceptors (Lipinski definition) is 4. The monoisotopic (exact) mass is 353 g/mol. The molecule has 3 N–H and O–H groups in total. The summed E-state index contributed by atoms with van der Waals surface area (Å²) in [6.07, 6.45) is 0.811. The molecule has 1 aliphatic rings. The molecule has 1 heterocycles. The highest BCUT2D eigenvalue weighted by atomic mass is 16.3. The van der Waals surface area contributed by atoms with Crippen molar-refractivity contribution in [2.24, 2.45) is 0 Å². The van der Waals surface area contributed by atoms with Crippen molar-refractivity contribution in [1.82, 2.24) is 9.80 Å². The third kappa shape index (κ3) is 4.42. The number of hydrogen-bond donors (Lipinski definition) is 2. The molecular formula is C21H27N3O2. The molecule has 0 aliphatic carbocycles. The van der Waals surface area contributed by atoms with Crippen molar-refractivity contribution < 1.29 is 9.90 Å². The number of anilines is 1. The first kappa shape index (κ1) is 18.4. The molecule has 5 heteroatoms. The zero-order valence-corrected chi connectivity index (χ0v) is 15.2. The molecule has 0 aromatic heterocycles. The summed E-state index contributed by atoms with van der Waals surface area (Å²) in [7, 11) is 1.85. The molecule has 1 amide bonds. The van der Waals surface area contributed by atoms with Gasteiger partial charge in [0.2, 0.25) is 5.91 Å². The van der Waals surface area contributed by atoms with E-state index in [0.717, 1.165) is 24.1 Å². The van der Waals surface area contributed by atoms with Crippen molar-refractivity contribution in [1.29, 1.82) is 0 Å². The number of nitrogens with two attached hydrogens (primary N) is 1. The number of amides is 1. The van der Waals surface area contributed by atoms with Crippen molar-refractivity contribution >= 4 is 11.6 Å². The molecule has 26 heavy (non-hydrogen) atoms. The maximum atomic E-state index is 12.9. The van der Waals surface area contributed by atoms with Gasteiger partial charge in [-0.25, -0.2) is 0 Å². The minimum atomic E-state index is -0.267. The normalized spacial score (nSPS) is 18.6. The number of nitrogens with zero attached hydrogens (tertiary/aromatic N) is 2. The summed E-state index contributed by atoms with van der Waals surface area (Å²) in [4.78, 5) is 17.0. The lowest BCUT2D eigenvalue weighted by Gasteiger charge is -2.32. The number of carbonyl (C=O) groups excluding carboxylic acids is 1. The summed E-state index contributed by atoms with van der Waals surface area (Å²) >= 11 is 0. The fraction of sp³-hybridized carbons (Fsp3) is 0.381. The zero-order chi connectivity index (χ0) is 18.5. The Labute approximate surface area is 155 Å². The van der Waals surface area contributed by atoms with Crippen molar-refractivity contribution in [3.8, 4) is 0 Å². The molecule has 0 bridgehead atoms. The van der Waals surface area contributed by atoms with E-state index >= 15 is 0 Å². The van der Waals surface area contributed by atoms with Gasteiger partial charge in [0.1, 0.15) is 0 Å². The average molecular weight is 353 g/mol. The molecule has 1 saturated heterocycles. The molecule has 138 valence electrons. The van der Waals surface area contributed by atoms with E-state index in [1.807, 2.05) is 54.4 Å². The molecule has 1 fully saturated rings. The average Bonchev–Trinajstić information content (AvgIpc) is 3.06. The molecule has 2 aromatic carbocycles. The highest BCUT2D eigenvalue weighted by Gasteiger charge is 2.28. The van der Waals surface area contributed by atoms with Gasteiger partial charge in [0, 0.05) is 32.4 Å². The highest BCUT2D eigenvalue weighted by Crippen LogP contribution is 2.24. The largest absolute Gasteiger partial charge is 0.398 e. The van der Waals surface area contributed by atoms with Crippen LogP contribution in [-0.2, 0) is 11.2 Å². The van der Waals surface area contributed by atoms with Gasteiger partial charge >= 0.3 is 0 Å². The van der Waals surface area contributed by atoms with Crippen LogP contribution in [0.5, 0.6) is 0 Å². The number of rotatable bonds is 6. The van der Waals surface area contributed by atoms with Crippen LogP contribution in [0.1, 0.15) is 23.6 Å². The lowest BCUT2D eigenvalue weighted by Crippen LogP contribution is -2.39. The van der Waals surface area contributed by atoms with Crippen LogP contribution in [0.2, 0.25) is 0 Å². The maximum Gasteiger partial charge on any atom is 0.227 e. The molecular weight excluding hydrogens is 326 g/mol. The number of aliphatic hydroxyl groups excluding tert-OH is 1. The number of likely N-dealkylation sites (N-methyl/N-ethyl adjacent to an activating group) is 1. The number of benzene rings is 2. The molecule has 5 nitrogen and oxygen atoms in total. The first-order valence-corrected chi connectivity index (χ1v) is 9.09. The topological polar surface area (TPSA) is 69.8 Å². The van der Waals surface area contributed by atoms with E-state index in [9.17, 15) is 9.90 Å². The second-order valence-electron chi connectivity index (χ2n) is 7.01. The van der Waals surface area contributed by atoms with Crippen molar-refractivity contribution in [2.45, 2.75) is 25.0 Å². The zero-order valence-electron chi connectivity index (χ0n) is 15.2. The van der Waals surface area contributed by atoms with Crippen LogP contribution in [0.4, 0.5) is 5.69 Å². The number of nitrogen functional groups attached to an aromatic ring is 1. The molecule has 3 rings (SSSR count). The van der Waals surface area contributed by atoms with Gasteiger partial charge in [0.05, 0.1) is 18.6 Å². The number of likely N-dealkylation sites (tertiary alicyclic amines) is 1. The fourth-order valence-corrected chi connectivity index (χ4v) is 3.51. The summed E-state index contributed by atoms with van der Waals surface area (Å²) in [5.74, 6) is 0.0384. The lowest BCUT2D eigenvalue weighted by atomic mass is 10.0. The molecule has 0 radical (unpaired) electrons. The summed E-state index contributed by atoms with van der Waals surface area (Å²) in [5, 5.41) is 9.82. The molecule has 0 unspecified atom stereocenters. The highest BCUT2D eigenvalue weighted by molar-refractivity contribution is 5.80. The van der Waals surface area contributed by atoms with Crippen LogP contribution in [-0.4, -0.2) is 53.6 Å². The Morgan fingerprint density at radius 2 is 1.92 bits per heavy atom. The van der Waals surface area contributed by atoms with E-state index in [2.05, 4.69) is 17.0 Å². The van der Waals surface area contributed by atoms with Crippen molar-refractivity contribution in [2.75, 3.05) is 32.4 Å². The van der Waals surface area contributed by atoms with Gasteiger partial charge in [-0.3, -0.25) is 9.69 Å². The maximum absolute atomic E-state index is 12.9. The minimum Gasteiger partial charge on any atom is -0.398 e. The molecule has 0 saturated carbocycles. The Kier molecular flexibility index (Phi) is 5.91. The standard InChI is InChI=1S/C21H27N3O2/c1-23(21(26)13-17-9-5-6-10-19(17)22)20(16-7-3-2-4-8-16)15-24-12-11-18(25)14-24/h2-10,18,20,25H,11-15,22H2,1H3/t18-,20-/m1/s1. The molecule has 1 aliphatic heterocycles. The number of carbonyl (C=O) groups is 1. The first-order chi connectivity index (χ1) is 12.5. The summed E-state index contributed by atoms with van der Waals surface area (Å²) in [6.45, 7) is 2.24. The minimum absolute atomic E-state index is 0.0384. The second kappa shape index (κ2) is 8.34. The third-order valence-electron chi connectivity index (χ3n) is 5.12. The Morgan fingerprint density at radius 3 is 2.58 bits per heavy atom. The summed E-state index contributed by atoms with van der Waals surface area (Å²) in [5.41, 5.74) is 8.60. The quantitative estimate of drug-likeness (QED) is 0.780. The third-order valence-corrected chi connectivity index (χ3v) is 5.12. The molecule has 2 aromatic rings. The van der Waals surface area contributed by atoms with Gasteiger partial charge in [-0.05, 0) is 23.6 Å². The smallest absolute Gasteiger partial charge is 0.227 e. The first-order valence-electron chi connectivity index (χ1n) is 9.09. The van der Waals surface area contributed by atoms with Crippen molar-refractivity contribution in [3.63, 3.8) is 0 Å². The Balaban J connectivity index is 1.76. The number of β-amino-alcohol motifs (C(OH)–C–C–N with tert-alkyl or cyclic N) is 1. The van der Waals surface area contributed by atoms with E-state index in [4.69, 9.17) is 5.73 Å². The molecule has 2 atom stereocenters. The van der Waals surface area contributed by atoms with E-state index in [0.29, 0.717) is 18.8 Å². The Hall–Kier alpha value is -2.37. The van der Waals surface area contributed by atoms with E-state index in [1.54, 1.807) is 0 Å². The van der Waals surface area contributed by atoms with Crippen LogP contribution in [0, 0.1) is 0 Å². The van der Waals surface area contributed by atoms with Gasteiger partial charge in [-0.15, -0.1) is 0 Å². The Bertz CT molecular complexity index is 735. The van der Waals surface area contributed by atoms with Gasteiger partial charge in [-0.2, -0.15) is 0 Å². The van der Waals surface area contributed by atoms with Crippen LogP contribution in [0.25, 0.3) is 0 Å². The predicted octanol–water partition coefficient (Wildman–Crippen LogP) is 2.08. The van der Waals surface area contributed by atoms with Gasteiger partial charge < -0.3 is 15.7 Å². The van der Waals surface area contributed by atoms with E-state index in [1.165, 1.54) is 0 Å². The lowest BCUT2D eigenvalue weighted by molar-refractivity contribution is -0.131. The van der Waals surface area contributed by atoms with Crippen LogP contribution < -0.4 is 5.73 Å². The Morgan fingerprint density at radius 1 is 1.23 bits per heavy atom. The molecule has 0 spiro atoms. The van der Waals surface area contributed by atoms with Gasteiger partial charge in [0.25, 0.3) is 0 Å². The van der Waals surface area contributed by atoms with Gasteiger partial charge in [-0.1, -0.05) is 48.5 Å².